The number of hydrogen-bond acceptors (Lipinski definition) is 2. The van der Waals surface area contributed by atoms with E-state index in [1.165, 1.54) is 5.56 Å². The molecule has 2 bridgehead atoms. The van der Waals surface area contributed by atoms with Crippen molar-refractivity contribution in [2.75, 3.05) is 0 Å². The van der Waals surface area contributed by atoms with Gasteiger partial charge in [-0.15, -0.1) is 0 Å². The van der Waals surface area contributed by atoms with Crippen LogP contribution in [0.1, 0.15) is 12.0 Å². The largest absolute Gasteiger partial charge is 0.480 e. The summed E-state index contributed by atoms with van der Waals surface area (Å²) < 4.78 is 0. The van der Waals surface area contributed by atoms with Gasteiger partial charge in [0.2, 0.25) is 0 Å². The van der Waals surface area contributed by atoms with Crippen LogP contribution in [0.5, 0.6) is 0 Å². The molecule has 2 aliphatic rings. The van der Waals surface area contributed by atoms with Crippen molar-refractivity contribution in [2.24, 2.45) is 5.92 Å². The lowest BCUT2D eigenvalue weighted by atomic mass is 10.0. The van der Waals surface area contributed by atoms with Crippen molar-refractivity contribution in [2.45, 2.75) is 25.0 Å². The average molecular weight is 229 g/mol. The molecular formula is C14H15NO2. The molecule has 88 valence electrons. The number of nitrogens with zero attached hydrogens (tertiary/aromatic N) is 1. The zero-order valence-electron chi connectivity index (χ0n) is 9.49. The molecule has 0 amide bonds. The average Bonchev–Trinajstić information content (AvgIpc) is 2.90. The predicted molar refractivity (Wildman–Crippen MR) is 64.4 cm³/mol. The standard InChI is InChI=1S/C14H15NO2/c16-14(17)13-11-6-7-12(8-11)15(13)9-10-4-2-1-3-5-10/h1-7,11-13H,8-9H2,(H,16,17)/t11-,12-,13+/m0/s1. The van der Waals surface area contributed by atoms with Gasteiger partial charge in [0.25, 0.3) is 0 Å². The fourth-order valence-corrected chi connectivity index (χ4v) is 2.97. The molecule has 0 saturated carbocycles. The van der Waals surface area contributed by atoms with E-state index in [1.807, 2.05) is 18.2 Å². The summed E-state index contributed by atoms with van der Waals surface area (Å²) in [6, 6.07) is 10.0. The Morgan fingerprint density at radius 3 is 2.76 bits per heavy atom. The zero-order valence-corrected chi connectivity index (χ0v) is 9.49. The Labute approximate surface area is 100 Å². The van der Waals surface area contributed by atoms with Crippen molar-refractivity contribution in [3.8, 4) is 0 Å². The van der Waals surface area contributed by atoms with Crippen molar-refractivity contribution in [1.29, 1.82) is 0 Å². The Bertz CT molecular complexity index is 455. The molecule has 3 heteroatoms. The van der Waals surface area contributed by atoms with Crippen LogP contribution in [0, 0.1) is 5.92 Å². The van der Waals surface area contributed by atoms with Gasteiger partial charge in [0.15, 0.2) is 0 Å². The summed E-state index contributed by atoms with van der Waals surface area (Å²) in [7, 11) is 0. The number of likely N-dealkylation sites (tertiary alicyclic amines) is 1. The summed E-state index contributed by atoms with van der Waals surface area (Å²) in [4.78, 5) is 13.4. The number of benzene rings is 1. The molecule has 0 unspecified atom stereocenters. The second-order valence-electron chi connectivity index (χ2n) is 4.79. The number of carboxylic acids is 1. The quantitative estimate of drug-likeness (QED) is 0.805. The maximum absolute atomic E-state index is 11.3. The van der Waals surface area contributed by atoms with Gasteiger partial charge in [0, 0.05) is 18.5 Å². The first-order chi connectivity index (χ1) is 8.25. The van der Waals surface area contributed by atoms with Crippen molar-refractivity contribution in [1.82, 2.24) is 4.90 Å². The van der Waals surface area contributed by atoms with Gasteiger partial charge in [0.1, 0.15) is 6.04 Å². The highest BCUT2D eigenvalue weighted by Gasteiger charge is 2.46. The van der Waals surface area contributed by atoms with Crippen LogP contribution in [-0.2, 0) is 11.3 Å². The van der Waals surface area contributed by atoms with Gasteiger partial charge in [-0.25, -0.2) is 0 Å². The maximum Gasteiger partial charge on any atom is 0.321 e. The highest BCUT2D eigenvalue weighted by Crippen LogP contribution is 2.38. The summed E-state index contributed by atoms with van der Waals surface area (Å²) in [5, 5.41) is 9.31. The normalized spacial score (nSPS) is 30.9. The molecule has 1 heterocycles. The predicted octanol–water partition coefficient (Wildman–Crippen LogP) is 1.90. The molecular weight excluding hydrogens is 214 g/mol. The fourth-order valence-electron chi connectivity index (χ4n) is 2.97. The number of aliphatic carboxylic acids is 1. The summed E-state index contributed by atoms with van der Waals surface area (Å²) >= 11 is 0. The van der Waals surface area contributed by atoms with Crippen LogP contribution < -0.4 is 0 Å². The van der Waals surface area contributed by atoms with Crippen molar-refractivity contribution in [3.63, 3.8) is 0 Å². The molecule has 1 aromatic rings. The first kappa shape index (κ1) is 10.5. The van der Waals surface area contributed by atoms with E-state index < -0.39 is 5.97 Å². The molecule has 1 aromatic carbocycles. The molecule has 1 fully saturated rings. The van der Waals surface area contributed by atoms with Gasteiger partial charge in [-0.1, -0.05) is 42.5 Å². The SMILES string of the molecule is O=C(O)[C@H]1[C@H]2C=C[C@@H](C2)N1Cc1ccccc1. The lowest BCUT2D eigenvalue weighted by Crippen LogP contribution is -2.43. The van der Waals surface area contributed by atoms with Crippen molar-refractivity contribution in [3.05, 3.63) is 48.0 Å². The van der Waals surface area contributed by atoms with Crippen LogP contribution in [0.3, 0.4) is 0 Å². The molecule has 0 radical (unpaired) electrons. The van der Waals surface area contributed by atoms with Gasteiger partial charge >= 0.3 is 5.97 Å². The van der Waals surface area contributed by atoms with Crippen LogP contribution in [0.4, 0.5) is 0 Å². The molecule has 1 aliphatic heterocycles. The number of fused-ring (bicyclic) bond motifs is 2. The molecule has 1 N–H and O–H groups in total. The summed E-state index contributed by atoms with van der Waals surface area (Å²) in [5.41, 5.74) is 1.18. The van der Waals surface area contributed by atoms with E-state index in [1.54, 1.807) is 0 Å². The monoisotopic (exact) mass is 229 g/mol. The Morgan fingerprint density at radius 1 is 1.29 bits per heavy atom. The van der Waals surface area contributed by atoms with Crippen LogP contribution in [0.25, 0.3) is 0 Å². The highest BCUT2D eigenvalue weighted by molar-refractivity contribution is 5.75. The topological polar surface area (TPSA) is 40.5 Å². The van der Waals surface area contributed by atoms with E-state index in [0.29, 0.717) is 6.04 Å². The molecule has 3 nitrogen and oxygen atoms in total. The van der Waals surface area contributed by atoms with E-state index in [0.717, 1.165) is 13.0 Å². The third-order valence-corrected chi connectivity index (χ3v) is 3.74. The Hall–Kier alpha value is -1.61. The minimum absolute atomic E-state index is 0.196. The molecule has 0 spiro atoms. The van der Waals surface area contributed by atoms with Gasteiger partial charge in [0.05, 0.1) is 0 Å². The molecule has 3 atom stereocenters. The summed E-state index contributed by atoms with van der Waals surface area (Å²) in [6.07, 6.45) is 5.17. The molecule has 17 heavy (non-hydrogen) atoms. The maximum atomic E-state index is 11.3. The lowest BCUT2D eigenvalue weighted by Gasteiger charge is -2.29. The third-order valence-electron chi connectivity index (χ3n) is 3.74. The minimum atomic E-state index is -0.696. The van der Waals surface area contributed by atoms with Gasteiger partial charge < -0.3 is 5.11 Å². The van der Waals surface area contributed by atoms with E-state index >= 15 is 0 Å². The molecule has 1 saturated heterocycles. The summed E-state index contributed by atoms with van der Waals surface area (Å²) in [5.74, 6) is -0.501. The van der Waals surface area contributed by atoms with E-state index in [2.05, 4.69) is 29.2 Å². The van der Waals surface area contributed by atoms with Crippen LogP contribution >= 0.6 is 0 Å². The Balaban J connectivity index is 1.83. The van der Waals surface area contributed by atoms with Crippen molar-refractivity contribution < 1.29 is 9.90 Å². The number of carbonyl (C=O) groups is 1. The van der Waals surface area contributed by atoms with Gasteiger partial charge in [-0.05, 0) is 12.0 Å². The van der Waals surface area contributed by atoms with E-state index in [4.69, 9.17) is 0 Å². The minimum Gasteiger partial charge on any atom is -0.480 e. The first-order valence-corrected chi connectivity index (χ1v) is 5.96. The molecule has 3 rings (SSSR count). The van der Waals surface area contributed by atoms with Crippen LogP contribution in [0.15, 0.2) is 42.5 Å². The van der Waals surface area contributed by atoms with Crippen LogP contribution in [0.2, 0.25) is 0 Å². The number of rotatable bonds is 3. The number of carboxylic acid groups (broad SMARTS) is 1. The Kier molecular flexibility index (Phi) is 2.48. The first-order valence-electron chi connectivity index (χ1n) is 5.96. The van der Waals surface area contributed by atoms with Gasteiger partial charge in [-0.3, -0.25) is 9.69 Å². The van der Waals surface area contributed by atoms with Crippen LogP contribution in [-0.4, -0.2) is 28.1 Å². The van der Waals surface area contributed by atoms with E-state index in [-0.39, 0.29) is 12.0 Å². The zero-order chi connectivity index (χ0) is 11.8. The lowest BCUT2D eigenvalue weighted by molar-refractivity contribution is -0.143. The van der Waals surface area contributed by atoms with Gasteiger partial charge in [-0.2, -0.15) is 0 Å². The second kappa shape index (κ2) is 4.00. The third kappa shape index (κ3) is 1.76. The fraction of sp³-hybridized carbons (Fsp3) is 0.357. The highest BCUT2D eigenvalue weighted by atomic mass is 16.4. The number of hydrogen-bond donors (Lipinski definition) is 1. The van der Waals surface area contributed by atoms with E-state index in [9.17, 15) is 9.90 Å². The molecule has 1 aliphatic carbocycles. The second-order valence-corrected chi connectivity index (χ2v) is 4.79. The Morgan fingerprint density at radius 2 is 2.06 bits per heavy atom. The summed E-state index contributed by atoms with van der Waals surface area (Å²) in [6.45, 7) is 0.726. The smallest absolute Gasteiger partial charge is 0.321 e. The molecule has 0 aromatic heterocycles. The van der Waals surface area contributed by atoms with Crippen molar-refractivity contribution >= 4 is 5.97 Å².